The number of halogens is 1. The standard InChI is InChI=1S/C24H26FN3O2/c25-10-6-18-7-11-27(12-8-18)20-9-13-28-15-21(26-24(28)14-20)23-17-29-16-22(30-23)19-4-2-1-3-5-19/h1-2,4,9,13-18H,3,5-8,10-12H2. The highest BCUT2D eigenvalue weighted by Crippen LogP contribution is 2.31. The molecule has 3 aliphatic rings. The first-order chi connectivity index (χ1) is 14.8. The summed E-state index contributed by atoms with van der Waals surface area (Å²) in [4.78, 5) is 7.14. The van der Waals surface area contributed by atoms with Crippen LogP contribution in [0.1, 0.15) is 37.8 Å². The maximum Gasteiger partial charge on any atom is 0.189 e. The third-order valence-electron chi connectivity index (χ3n) is 6.09. The molecule has 1 saturated heterocycles. The Labute approximate surface area is 175 Å². The number of piperidine rings is 1. The zero-order valence-electron chi connectivity index (χ0n) is 17.0. The maximum atomic E-state index is 12.6. The number of hydrogen-bond donors (Lipinski definition) is 0. The molecule has 30 heavy (non-hydrogen) atoms. The van der Waals surface area contributed by atoms with Crippen LogP contribution in [0.25, 0.3) is 11.4 Å². The lowest BCUT2D eigenvalue weighted by molar-refractivity contribution is 0.284. The molecule has 6 heteroatoms. The molecule has 5 rings (SSSR count). The van der Waals surface area contributed by atoms with Gasteiger partial charge in [0.15, 0.2) is 11.5 Å². The van der Waals surface area contributed by atoms with Crippen molar-refractivity contribution in [2.75, 3.05) is 24.7 Å². The number of alkyl halides is 1. The Morgan fingerprint density at radius 2 is 2.03 bits per heavy atom. The summed E-state index contributed by atoms with van der Waals surface area (Å²) in [6.45, 7) is 1.72. The van der Waals surface area contributed by atoms with E-state index >= 15 is 0 Å². The van der Waals surface area contributed by atoms with Crippen LogP contribution in [0.5, 0.6) is 0 Å². The first-order valence-electron chi connectivity index (χ1n) is 10.7. The van der Waals surface area contributed by atoms with Crippen molar-refractivity contribution in [2.45, 2.75) is 32.1 Å². The van der Waals surface area contributed by atoms with Gasteiger partial charge < -0.3 is 18.8 Å². The quantitative estimate of drug-likeness (QED) is 0.668. The van der Waals surface area contributed by atoms with Crippen molar-refractivity contribution in [3.05, 3.63) is 72.3 Å². The van der Waals surface area contributed by atoms with Gasteiger partial charge in [-0.2, -0.15) is 0 Å². The topological polar surface area (TPSA) is 39.0 Å². The van der Waals surface area contributed by atoms with E-state index < -0.39 is 0 Å². The molecule has 2 aromatic heterocycles. The first-order valence-corrected chi connectivity index (χ1v) is 10.7. The molecular weight excluding hydrogens is 381 g/mol. The van der Waals surface area contributed by atoms with E-state index in [0.29, 0.717) is 18.1 Å². The number of imidazole rings is 1. The van der Waals surface area contributed by atoms with E-state index in [1.165, 1.54) is 0 Å². The first kappa shape index (κ1) is 19.0. The number of pyridine rings is 1. The molecule has 5 nitrogen and oxygen atoms in total. The highest BCUT2D eigenvalue weighted by molar-refractivity contribution is 5.64. The number of aromatic nitrogens is 2. The van der Waals surface area contributed by atoms with Crippen molar-refractivity contribution >= 4 is 17.1 Å². The van der Waals surface area contributed by atoms with Gasteiger partial charge in [-0.05, 0) is 49.7 Å². The molecule has 0 bridgehead atoms. The third-order valence-corrected chi connectivity index (χ3v) is 6.09. The van der Waals surface area contributed by atoms with E-state index in [1.54, 1.807) is 12.5 Å². The average molecular weight is 407 g/mol. The number of nitrogens with zero attached hydrogens (tertiary/aromatic N) is 3. The monoisotopic (exact) mass is 407 g/mol. The van der Waals surface area contributed by atoms with Crippen molar-refractivity contribution in [2.24, 2.45) is 5.92 Å². The summed E-state index contributed by atoms with van der Waals surface area (Å²) in [7, 11) is 0. The summed E-state index contributed by atoms with van der Waals surface area (Å²) in [5.41, 5.74) is 3.90. The van der Waals surface area contributed by atoms with Gasteiger partial charge in [0, 0.05) is 37.2 Å². The van der Waals surface area contributed by atoms with E-state index in [4.69, 9.17) is 14.5 Å². The molecule has 0 spiro atoms. The Hall–Kier alpha value is -3.02. The second-order valence-corrected chi connectivity index (χ2v) is 8.05. The second kappa shape index (κ2) is 8.38. The zero-order chi connectivity index (χ0) is 20.3. The van der Waals surface area contributed by atoms with E-state index in [-0.39, 0.29) is 6.67 Å². The minimum absolute atomic E-state index is 0.208. The highest BCUT2D eigenvalue weighted by Gasteiger charge is 2.21. The molecule has 2 aliphatic heterocycles. The Bertz CT molecular complexity index is 1040. The number of hydrogen-bond acceptors (Lipinski definition) is 4. The summed E-state index contributed by atoms with van der Waals surface area (Å²) in [5, 5.41) is 0. The number of fused-ring (bicyclic) bond motifs is 1. The van der Waals surface area contributed by atoms with Gasteiger partial charge >= 0.3 is 0 Å². The van der Waals surface area contributed by atoms with E-state index in [9.17, 15) is 4.39 Å². The van der Waals surface area contributed by atoms with Crippen LogP contribution >= 0.6 is 0 Å². The summed E-state index contributed by atoms with van der Waals surface area (Å²) in [5.74, 6) is 1.87. The highest BCUT2D eigenvalue weighted by atomic mass is 19.1. The molecule has 0 aromatic carbocycles. The molecule has 1 aliphatic carbocycles. The van der Waals surface area contributed by atoms with Crippen molar-refractivity contribution in [1.29, 1.82) is 0 Å². The van der Waals surface area contributed by atoms with Gasteiger partial charge in [-0.3, -0.25) is 4.39 Å². The van der Waals surface area contributed by atoms with Gasteiger partial charge in [0.25, 0.3) is 0 Å². The summed E-state index contributed by atoms with van der Waals surface area (Å²) >= 11 is 0. The Morgan fingerprint density at radius 3 is 2.83 bits per heavy atom. The van der Waals surface area contributed by atoms with Crippen molar-refractivity contribution in [1.82, 2.24) is 9.38 Å². The lowest BCUT2D eigenvalue weighted by Gasteiger charge is -2.33. The molecule has 156 valence electrons. The fourth-order valence-electron chi connectivity index (χ4n) is 4.31. The largest absolute Gasteiger partial charge is 0.465 e. The van der Waals surface area contributed by atoms with Crippen LogP contribution in [-0.2, 0) is 9.47 Å². The average Bonchev–Trinajstić information content (AvgIpc) is 3.24. The molecule has 0 unspecified atom stereocenters. The van der Waals surface area contributed by atoms with Crippen LogP contribution in [0.4, 0.5) is 10.1 Å². The fourth-order valence-corrected chi connectivity index (χ4v) is 4.31. The van der Waals surface area contributed by atoms with Gasteiger partial charge in [0.1, 0.15) is 23.9 Å². The molecule has 1 fully saturated rings. The van der Waals surface area contributed by atoms with E-state index in [0.717, 1.165) is 67.1 Å². The number of rotatable bonds is 5. The van der Waals surface area contributed by atoms with Crippen molar-refractivity contribution < 1.29 is 13.9 Å². The number of anilines is 1. The van der Waals surface area contributed by atoms with E-state index in [1.807, 2.05) is 22.9 Å². The Kier molecular flexibility index (Phi) is 5.30. The van der Waals surface area contributed by atoms with Gasteiger partial charge in [0.2, 0.25) is 0 Å². The molecule has 4 heterocycles. The van der Waals surface area contributed by atoms with Gasteiger partial charge in [-0.1, -0.05) is 18.2 Å². The smallest absolute Gasteiger partial charge is 0.189 e. The molecule has 2 aromatic rings. The van der Waals surface area contributed by atoms with Gasteiger partial charge in [-0.15, -0.1) is 0 Å². The molecule has 0 amide bonds. The van der Waals surface area contributed by atoms with Crippen LogP contribution in [0, 0.1) is 5.92 Å². The Morgan fingerprint density at radius 1 is 1.17 bits per heavy atom. The minimum atomic E-state index is -0.208. The Balaban J connectivity index is 1.32. The lowest BCUT2D eigenvalue weighted by atomic mass is 9.94. The van der Waals surface area contributed by atoms with Crippen LogP contribution in [0.2, 0.25) is 0 Å². The number of ether oxygens (including phenoxy) is 2. The van der Waals surface area contributed by atoms with Crippen LogP contribution in [0.15, 0.2) is 66.6 Å². The molecule has 0 radical (unpaired) electrons. The minimum Gasteiger partial charge on any atom is -0.465 e. The second-order valence-electron chi connectivity index (χ2n) is 8.05. The van der Waals surface area contributed by atoms with Crippen molar-refractivity contribution in [3.63, 3.8) is 0 Å². The van der Waals surface area contributed by atoms with Gasteiger partial charge in [-0.25, -0.2) is 4.98 Å². The van der Waals surface area contributed by atoms with Crippen molar-refractivity contribution in [3.8, 4) is 0 Å². The van der Waals surface area contributed by atoms with Gasteiger partial charge in [0.05, 0.1) is 6.67 Å². The number of allylic oxidation sites excluding steroid dienone is 4. The predicted molar refractivity (Wildman–Crippen MR) is 115 cm³/mol. The fraction of sp³-hybridized carbons (Fsp3) is 0.375. The third kappa shape index (κ3) is 3.86. The summed E-state index contributed by atoms with van der Waals surface area (Å²) in [6.07, 6.45) is 18.2. The summed E-state index contributed by atoms with van der Waals surface area (Å²) in [6, 6.07) is 4.22. The SMILES string of the molecule is FCCC1CCN(c2ccn3cc(C4=COC=C(C5=CC=CCC5)O4)nc3c2)CC1. The predicted octanol–water partition coefficient (Wildman–Crippen LogP) is 5.37. The van der Waals surface area contributed by atoms with Crippen LogP contribution in [0.3, 0.4) is 0 Å². The lowest BCUT2D eigenvalue weighted by Crippen LogP contribution is -2.33. The maximum absolute atomic E-state index is 12.6. The molecule has 0 saturated carbocycles. The van der Waals surface area contributed by atoms with E-state index in [2.05, 4.69) is 29.2 Å². The normalized spacial score (nSPS) is 19.8. The summed E-state index contributed by atoms with van der Waals surface area (Å²) < 4.78 is 26.2. The zero-order valence-corrected chi connectivity index (χ0v) is 17.0. The molecule has 0 atom stereocenters. The molecule has 0 N–H and O–H groups in total. The molecular formula is C24H26FN3O2. The van der Waals surface area contributed by atoms with Crippen LogP contribution < -0.4 is 4.90 Å². The van der Waals surface area contributed by atoms with Crippen LogP contribution in [-0.4, -0.2) is 29.1 Å².